The van der Waals surface area contributed by atoms with Crippen LogP contribution in [0, 0.1) is 0 Å². The number of aryl methyl sites for hydroxylation is 3. The summed E-state index contributed by atoms with van der Waals surface area (Å²) in [6.07, 6.45) is 10.2. The first-order valence-corrected chi connectivity index (χ1v) is 8.34. The molecule has 1 aliphatic heterocycles. The van der Waals surface area contributed by atoms with E-state index in [0.29, 0.717) is 0 Å². The molecule has 1 aliphatic rings. The van der Waals surface area contributed by atoms with Gasteiger partial charge < -0.3 is 4.74 Å². The van der Waals surface area contributed by atoms with Crippen LogP contribution < -0.4 is 4.74 Å². The molecule has 0 amide bonds. The number of para-hydroxylation sites is 1. The molecule has 0 radical (unpaired) electrons. The summed E-state index contributed by atoms with van der Waals surface area (Å²) in [4.78, 5) is 0. The van der Waals surface area contributed by atoms with E-state index in [0.717, 1.165) is 37.9 Å². The van der Waals surface area contributed by atoms with Crippen molar-refractivity contribution in [1.29, 1.82) is 0 Å². The maximum atomic E-state index is 6.03. The minimum atomic E-state index is 0.234. The van der Waals surface area contributed by atoms with Gasteiger partial charge in [-0.3, -0.25) is 0 Å². The molecule has 1 unspecified atom stereocenters. The Kier molecular flexibility index (Phi) is 4.95. The van der Waals surface area contributed by atoms with E-state index in [-0.39, 0.29) is 6.10 Å². The fourth-order valence-electron chi connectivity index (χ4n) is 2.92. The molecule has 0 bridgehead atoms. The van der Waals surface area contributed by atoms with Gasteiger partial charge in [0.15, 0.2) is 0 Å². The molecular formula is C21H24O. The van der Waals surface area contributed by atoms with Gasteiger partial charge in [0.2, 0.25) is 0 Å². The van der Waals surface area contributed by atoms with Crippen LogP contribution in [-0.4, -0.2) is 6.10 Å². The van der Waals surface area contributed by atoms with Crippen molar-refractivity contribution >= 4 is 0 Å². The molecule has 0 saturated heterocycles. The number of rotatable bonds is 5. The summed E-state index contributed by atoms with van der Waals surface area (Å²) in [7, 11) is 0. The lowest BCUT2D eigenvalue weighted by Gasteiger charge is -2.23. The Morgan fingerprint density at radius 1 is 1.05 bits per heavy atom. The topological polar surface area (TPSA) is 9.23 Å². The molecular weight excluding hydrogens is 268 g/mol. The van der Waals surface area contributed by atoms with Crippen LogP contribution in [0.4, 0.5) is 0 Å². The highest BCUT2D eigenvalue weighted by Crippen LogP contribution is 2.27. The van der Waals surface area contributed by atoms with Crippen molar-refractivity contribution in [3.8, 4) is 5.75 Å². The van der Waals surface area contributed by atoms with E-state index in [4.69, 9.17) is 4.74 Å². The van der Waals surface area contributed by atoms with E-state index in [9.17, 15) is 0 Å². The normalized spacial score (nSPS) is 17.2. The third-order valence-electron chi connectivity index (χ3n) is 4.33. The van der Waals surface area contributed by atoms with Crippen LogP contribution in [0.15, 0.2) is 60.7 Å². The molecule has 0 aromatic heterocycles. The van der Waals surface area contributed by atoms with Gasteiger partial charge in [-0.2, -0.15) is 0 Å². The molecule has 0 aliphatic carbocycles. The summed E-state index contributed by atoms with van der Waals surface area (Å²) in [5.41, 5.74) is 4.16. The number of hydrogen-bond acceptors (Lipinski definition) is 1. The van der Waals surface area contributed by atoms with Gasteiger partial charge in [0.05, 0.1) is 0 Å². The van der Waals surface area contributed by atoms with Crippen molar-refractivity contribution in [3.05, 3.63) is 77.4 Å². The molecule has 2 aromatic carbocycles. The quantitative estimate of drug-likeness (QED) is 0.694. The molecule has 1 heteroatoms. The van der Waals surface area contributed by atoms with E-state index in [2.05, 4.69) is 61.5 Å². The standard InChI is InChI=1S/C21H24O/c1-2-17-11-13-18(14-12-17)7-3-5-9-20-16-15-19-8-4-6-10-21(19)22-20/h4-6,8-14,20H,2-3,7,15-16H2,1H3. The Hall–Kier alpha value is -2.02. The van der Waals surface area contributed by atoms with Gasteiger partial charge in [0.25, 0.3) is 0 Å². The molecule has 114 valence electrons. The Labute approximate surface area is 133 Å². The van der Waals surface area contributed by atoms with Crippen molar-refractivity contribution in [1.82, 2.24) is 0 Å². The summed E-state index contributed by atoms with van der Waals surface area (Å²) >= 11 is 0. The molecule has 0 saturated carbocycles. The molecule has 0 spiro atoms. The fraction of sp³-hybridized carbons (Fsp3) is 0.333. The number of benzene rings is 2. The lowest BCUT2D eigenvalue weighted by atomic mass is 10.0. The van der Waals surface area contributed by atoms with E-state index in [1.54, 1.807) is 0 Å². The molecule has 0 fully saturated rings. The molecule has 1 heterocycles. The maximum absolute atomic E-state index is 6.03. The van der Waals surface area contributed by atoms with Crippen LogP contribution in [0.5, 0.6) is 5.75 Å². The van der Waals surface area contributed by atoms with Gasteiger partial charge in [-0.1, -0.05) is 55.5 Å². The van der Waals surface area contributed by atoms with Gasteiger partial charge in [-0.05, 0) is 60.9 Å². The predicted molar refractivity (Wildman–Crippen MR) is 92.5 cm³/mol. The second-order valence-electron chi connectivity index (χ2n) is 5.94. The Morgan fingerprint density at radius 3 is 2.64 bits per heavy atom. The average molecular weight is 292 g/mol. The number of ether oxygens (including phenoxy) is 1. The van der Waals surface area contributed by atoms with Crippen LogP contribution in [0.25, 0.3) is 0 Å². The first kappa shape index (κ1) is 14.9. The molecule has 1 nitrogen and oxygen atoms in total. The van der Waals surface area contributed by atoms with Crippen LogP contribution in [0.2, 0.25) is 0 Å². The highest BCUT2D eigenvalue weighted by molar-refractivity contribution is 5.35. The summed E-state index contributed by atoms with van der Waals surface area (Å²) in [5.74, 6) is 1.05. The zero-order valence-corrected chi connectivity index (χ0v) is 13.3. The largest absolute Gasteiger partial charge is 0.486 e. The van der Waals surface area contributed by atoms with Gasteiger partial charge in [-0.15, -0.1) is 0 Å². The zero-order valence-electron chi connectivity index (χ0n) is 13.3. The smallest absolute Gasteiger partial charge is 0.123 e. The Bertz CT molecular complexity index is 625. The first-order valence-electron chi connectivity index (χ1n) is 8.34. The third kappa shape index (κ3) is 3.79. The molecule has 1 atom stereocenters. The number of fused-ring (bicyclic) bond motifs is 1. The van der Waals surface area contributed by atoms with Gasteiger partial charge in [0.1, 0.15) is 11.9 Å². The molecule has 22 heavy (non-hydrogen) atoms. The first-order chi connectivity index (χ1) is 10.8. The molecule has 0 N–H and O–H groups in total. The van der Waals surface area contributed by atoms with Crippen molar-refractivity contribution in [2.45, 2.75) is 45.1 Å². The second kappa shape index (κ2) is 7.31. The van der Waals surface area contributed by atoms with Crippen molar-refractivity contribution in [3.63, 3.8) is 0 Å². The van der Waals surface area contributed by atoms with Gasteiger partial charge in [-0.25, -0.2) is 0 Å². The van der Waals surface area contributed by atoms with Crippen LogP contribution in [0.1, 0.15) is 36.5 Å². The van der Waals surface area contributed by atoms with Crippen LogP contribution >= 0.6 is 0 Å². The number of hydrogen-bond donors (Lipinski definition) is 0. The van der Waals surface area contributed by atoms with E-state index in [1.165, 1.54) is 16.7 Å². The third-order valence-corrected chi connectivity index (χ3v) is 4.33. The van der Waals surface area contributed by atoms with Crippen LogP contribution in [0.3, 0.4) is 0 Å². The minimum absolute atomic E-state index is 0.234. The fourth-order valence-corrected chi connectivity index (χ4v) is 2.92. The van der Waals surface area contributed by atoms with Gasteiger partial charge in [0, 0.05) is 0 Å². The van der Waals surface area contributed by atoms with Crippen LogP contribution in [-0.2, 0) is 19.3 Å². The van der Waals surface area contributed by atoms with E-state index in [1.807, 2.05) is 6.07 Å². The maximum Gasteiger partial charge on any atom is 0.123 e. The Morgan fingerprint density at radius 2 is 1.82 bits per heavy atom. The van der Waals surface area contributed by atoms with Gasteiger partial charge >= 0.3 is 0 Å². The minimum Gasteiger partial charge on any atom is -0.486 e. The monoisotopic (exact) mass is 292 g/mol. The lowest BCUT2D eigenvalue weighted by Crippen LogP contribution is -2.20. The molecule has 3 rings (SSSR count). The predicted octanol–water partition coefficient (Wildman–Crippen LogP) is 5.13. The SMILES string of the molecule is CCc1ccc(CCC=CC2CCc3ccccc3O2)cc1. The van der Waals surface area contributed by atoms with Crippen molar-refractivity contribution < 1.29 is 4.74 Å². The van der Waals surface area contributed by atoms with E-state index >= 15 is 0 Å². The Balaban J connectivity index is 1.48. The zero-order chi connectivity index (χ0) is 15.2. The highest BCUT2D eigenvalue weighted by Gasteiger charge is 2.16. The second-order valence-corrected chi connectivity index (χ2v) is 5.94. The van der Waals surface area contributed by atoms with E-state index < -0.39 is 0 Å². The summed E-state index contributed by atoms with van der Waals surface area (Å²) in [5, 5.41) is 0. The average Bonchev–Trinajstić information content (AvgIpc) is 2.59. The summed E-state index contributed by atoms with van der Waals surface area (Å²) < 4.78 is 6.03. The molecule has 2 aromatic rings. The highest BCUT2D eigenvalue weighted by atomic mass is 16.5. The number of allylic oxidation sites excluding steroid dienone is 1. The summed E-state index contributed by atoms with van der Waals surface area (Å²) in [6.45, 7) is 2.19. The summed E-state index contributed by atoms with van der Waals surface area (Å²) in [6, 6.07) is 17.3. The lowest BCUT2D eigenvalue weighted by molar-refractivity contribution is 0.218. The van der Waals surface area contributed by atoms with Crippen molar-refractivity contribution in [2.75, 3.05) is 0 Å². The van der Waals surface area contributed by atoms with Crippen molar-refractivity contribution in [2.24, 2.45) is 0 Å².